The van der Waals surface area contributed by atoms with Crippen LogP contribution >= 0.6 is 35.6 Å². The smallest absolute Gasteiger partial charge is 0.328 e. The molecule has 144 valence electrons. The van der Waals surface area contributed by atoms with Crippen LogP contribution in [-0.4, -0.2) is 48.3 Å². The van der Waals surface area contributed by atoms with Gasteiger partial charge in [0.05, 0.1) is 23.3 Å². The van der Waals surface area contributed by atoms with Gasteiger partial charge in [0.15, 0.2) is 0 Å². The van der Waals surface area contributed by atoms with Gasteiger partial charge in [0, 0.05) is 31.1 Å². The molecule has 0 bridgehead atoms. The maximum absolute atomic E-state index is 11.0. The summed E-state index contributed by atoms with van der Waals surface area (Å²) in [6.45, 7) is 3.38. The van der Waals surface area contributed by atoms with E-state index in [1.165, 1.54) is 6.42 Å². The first kappa shape index (κ1) is 21.5. The molecule has 4 nitrogen and oxygen atoms in total. The number of halogens is 3. The predicted molar refractivity (Wildman–Crippen MR) is 108 cm³/mol. The third-order valence-corrected chi connectivity index (χ3v) is 6.01. The van der Waals surface area contributed by atoms with Gasteiger partial charge in [-0.3, -0.25) is 4.90 Å². The maximum Gasteiger partial charge on any atom is 0.328 e. The summed E-state index contributed by atoms with van der Waals surface area (Å²) in [6, 6.07) is 4.00. The summed E-state index contributed by atoms with van der Waals surface area (Å²) in [7, 11) is 0. The van der Waals surface area contributed by atoms with E-state index in [9.17, 15) is 4.79 Å². The Morgan fingerprint density at radius 3 is 2.58 bits per heavy atom. The van der Waals surface area contributed by atoms with Crippen LogP contribution in [0.4, 0.5) is 0 Å². The van der Waals surface area contributed by atoms with Crippen molar-refractivity contribution in [2.75, 3.05) is 26.3 Å². The number of nitrogens with zero attached hydrogens (tertiary/aromatic N) is 1. The molecule has 1 aliphatic heterocycles. The number of benzene rings is 1. The third kappa shape index (κ3) is 4.93. The van der Waals surface area contributed by atoms with Crippen molar-refractivity contribution in [2.24, 2.45) is 0 Å². The molecule has 1 saturated carbocycles. The van der Waals surface area contributed by atoms with Gasteiger partial charge in [0.25, 0.3) is 0 Å². The van der Waals surface area contributed by atoms with Gasteiger partial charge in [-0.15, -0.1) is 12.4 Å². The van der Waals surface area contributed by atoms with E-state index in [0.717, 1.165) is 62.8 Å². The summed E-state index contributed by atoms with van der Waals surface area (Å²) in [4.78, 5) is 13.5. The number of rotatable bonds is 4. The SMILES string of the molecule is Cl.O=C(O)C=Cc1ccc(Cl)c(Cl)c1C1CCCCC1N1CCOCC1. The van der Waals surface area contributed by atoms with Gasteiger partial charge in [-0.25, -0.2) is 4.79 Å². The molecule has 1 aromatic rings. The number of carboxylic acid groups (broad SMARTS) is 1. The van der Waals surface area contributed by atoms with Crippen molar-refractivity contribution in [3.05, 3.63) is 39.4 Å². The number of morpholine rings is 1. The number of carboxylic acids is 1. The van der Waals surface area contributed by atoms with Crippen molar-refractivity contribution in [1.82, 2.24) is 4.90 Å². The molecule has 0 aromatic heterocycles. The molecule has 0 spiro atoms. The molecular weight excluding hydrogens is 397 g/mol. The van der Waals surface area contributed by atoms with E-state index >= 15 is 0 Å². The normalized spacial score (nSPS) is 24.4. The van der Waals surface area contributed by atoms with Crippen molar-refractivity contribution < 1.29 is 14.6 Å². The van der Waals surface area contributed by atoms with E-state index in [-0.39, 0.29) is 18.3 Å². The molecule has 1 aromatic carbocycles. The molecule has 2 atom stereocenters. The maximum atomic E-state index is 11.0. The fraction of sp³-hybridized carbons (Fsp3) is 0.526. The van der Waals surface area contributed by atoms with Crippen LogP contribution < -0.4 is 0 Å². The number of carbonyl (C=O) groups is 1. The topological polar surface area (TPSA) is 49.8 Å². The van der Waals surface area contributed by atoms with Crippen molar-refractivity contribution in [2.45, 2.75) is 37.6 Å². The third-order valence-electron chi connectivity index (χ3n) is 5.19. The van der Waals surface area contributed by atoms with Gasteiger partial charge in [-0.05, 0) is 36.1 Å². The lowest BCUT2D eigenvalue weighted by Crippen LogP contribution is -2.47. The number of aliphatic carboxylic acids is 1. The second-order valence-corrected chi connectivity index (χ2v) is 7.43. The van der Waals surface area contributed by atoms with Crippen molar-refractivity contribution in [3.63, 3.8) is 0 Å². The van der Waals surface area contributed by atoms with E-state index in [0.29, 0.717) is 16.1 Å². The second kappa shape index (κ2) is 9.95. The van der Waals surface area contributed by atoms with Gasteiger partial charge in [-0.2, -0.15) is 0 Å². The molecule has 1 saturated heterocycles. The van der Waals surface area contributed by atoms with E-state index < -0.39 is 5.97 Å². The van der Waals surface area contributed by atoms with Crippen molar-refractivity contribution in [1.29, 1.82) is 0 Å². The number of hydrogen-bond donors (Lipinski definition) is 1. The van der Waals surface area contributed by atoms with Crippen LogP contribution in [0.15, 0.2) is 18.2 Å². The first-order chi connectivity index (χ1) is 12.1. The fourth-order valence-electron chi connectivity index (χ4n) is 4.06. The Hall–Kier alpha value is -0.780. The van der Waals surface area contributed by atoms with Crippen LogP contribution in [0.25, 0.3) is 6.08 Å². The number of ether oxygens (including phenoxy) is 1. The molecule has 1 aliphatic carbocycles. The number of hydrogen-bond acceptors (Lipinski definition) is 3. The Labute approximate surface area is 170 Å². The zero-order valence-electron chi connectivity index (χ0n) is 14.5. The van der Waals surface area contributed by atoms with E-state index in [1.54, 1.807) is 12.1 Å². The first-order valence-electron chi connectivity index (χ1n) is 8.78. The molecule has 0 radical (unpaired) electrons. The molecule has 3 rings (SSSR count). The molecular formula is C19H24Cl3NO3. The highest BCUT2D eigenvalue weighted by molar-refractivity contribution is 6.42. The summed E-state index contributed by atoms with van der Waals surface area (Å²) in [5, 5.41) is 10.1. The monoisotopic (exact) mass is 419 g/mol. The zero-order chi connectivity index (χ0) is 17.8. The minimum absolute atomic E-state index is 0. The van der Waals surface area contributed by atoms with E-state index in [1.807, 2.05) is 6.07 Å². The Morgan fingerprint density at radius 1 is 1.19 bits per heavy atom. The summed E-state index contributed by atoms with van der Waals surface area (Å²) in [5.41, 5.74) is 1.84. The van der Waals surface area contributed by atoms with Gasteiger partial charge in [0.2, 0.25) is 0 Å². The van der Waals surface area contributed by atoms with Crippen LogP contribution in [0.5, 0.6) is 0 Å². The molecule has 0 amide bonds. The lowest BCUT2D eigenvalue weighted by Gasteiger charge is -2.42. The average molecular weight is 421 g/mol. The predicted octanol–water partition coefficient (Wildman–Crippen LogP) is 4.87. The highest BCUT2D eigenvalue weighted by Gasteiger charge is 2.34. The molecule has 2 aliphatic rings. The molecule has 1 N–H and O–H groups in total. The van der Waals surface area contributed by atoms with Gasteiger partial charge in [-0.1, -0.05) is 42.1 Å². The van der Waals surface area contributed by atoms with Crippen molar-refractivity contribution in [3.8, 4) is 0 Å². The van der Waals surface area contributed by atoms with Crippen LogP contribution in [-0.2, 0) is 9.53 Å². The summed E-state index contributed by atoms with van der Waals surface area (Å²) < 4.78 is 5.50. The van der Waals surface area contributed by atoms with Crippen LogP contribution in [0, 0.1) is 0 Å². The molecule has 2 unspecified atom stereocenters. The first-order valence-corrected chi connectivity index (χ1v) is 9.54. The van der Waals surface area contributed by atoms with Gasteiger partial charge in [0.1, 0.15) is 0 Å². The average Bonchev–Trinajstić information content (AvgIpc) is 2.63. The molecule has 1 heterocycles. The van der Waals surface area contributed by atoms with Gasteiger partial charge < -0.3 is 9.84 Å². The quantitative estimate of drug-likeness (QED) is 0.706. The molecule has 7 heteroatoms. The largest absolute Gasteiger partial charge is 0.478 e. The van der Waals surface area contributed by atoms with Crippen LogP contribution in [0.2, 0.25) is 10.0 Å². The minimum Gasteiger partial charge on any atom is -0.478 e. The minimum atomic E-state index is -0.967. The lowest BCUT2D eigenvalue weighted by atomic mass is 9.77. The van der Waals surface area contributed by atoms with E-state index in [2.05, 4.69) is 4.90 Å². The standard InChI is InChI=1S/C19H23Cl2NO3.ClH/c20-15-7-5-13(6-8-17(23)24)18(19(15)21)14-3-1-2-4-16(14)22-9-11-25-12-10-22;/h5-8,14,16H,1-4,9-12H2,(H,23,24);1H. The Balaban J connectivity index is 0.00000243. The van der Waals surface area contributed by atoms with Crippen LogP contribution in [0.1, 0.15) is 42.7 Å². The highest BCUT2D eigenvalue weighted by Crippen LogP contribution is 2.43. The summed E-state index contributed by atoms with van der Waals surface area (Å²) >= 11 is 12.9. The molecule has 2 fully saturated rings. The Bertz CT molecular complexity index is 660. The summed E-state index contributed by atoms with van der Waals surface area (Å²) in [6.07, 6.45) is 7.31. The van der Waals surface area contributed by atoms with Crippen molar-refractivity contribution >= 4 is 47.7 Å². The fourth-order valence-corrected chi connectivity index (χ4v) is 4.54. The zero-order valence-corrected chi connectivity index (χ0v) is 16.8. The Morgan fingerprint density at radius 2 is 1.88 bits per heavy atom. The highest BCUT2D eigenvalue weighted by atomic mass is 35.5. The summed E-state index contributed by atoms with van der Waals surface area (Å²) in [5.74, 6) is -0.711. The Kier molecular flexibility index (Phi) is 8.24. The molecule has 26 heavy (non-hydrogen) atoms. The lowest BCUT2D eigenvalue weighted by molar-refractivity contribution is -0.131. The van der Waals surface area contributed by atoms with Gasteiger partial charge >= 0.3 is 5.97 Å². The second-order valence-electron chi connectivity index (χ2n) is 6.64. The van der Waals surface area contributed by atoms with E-state index in [4.69, 9.17) is 33.0 Å². The van der Waals surface area contributed by atoms with Crippen LogP contribution in [0.3, 0.4) is 0 Å².